The fraction of sp³-hybridized carbons (Fsp3) is 0.312. The van der Waals surface area contributed by atoms with Crippen LogP contribution in [-0.2, 0) is 14.8 Å². The van der Waals surface area contributed by atoms with E-state index in [2.05, 4.69) is 0 Å². The molecule has 0 aliphatic carbocycles. The largest absolute Gasteiger partial charge is 0.340 e. The van der Waals surface area contributed by atoms with Crippen molar-refractivity contribution >= 4 is 44.8 Å². The molecule has 2 aromatic carbocycles. The predicted octanol–water partition coefficient (Wildman–Crippen LogP) is 1.33. The summed E-state index contributed by atoms with van der Waals surface area (Å²) in [5, 5.41) is 1.56. The minimum Gasteiger partial charge on any atom is -0.340 e. The third kappa shape index (κ3) is 2.44. The SMILES string of the molecule is Cl.NC1CCN(C(=O)CN2c3cccc4cccc(c34)S2(=O)=O)C1. The van der Waals surface area contributed by atoms with Crippen LogP contribution in [0.5, 0.6) is 0 Å². The van der Waals surface area contributed by atoms with Crippen molar-refractivity contribution in [3.05, 3.63) is 36.4 Å². The lowest BCUT2D eigenvalue weighted by Gasteiger charge is -2.22. The van der Waals surface area contributed by atoms with Gasteiger partial charge in [0.2, 0.25) is 5.91 Å². The molecule has 2 aliphatic heterocycles. The van der Waals surface area contributed by atoms with E-state index >= 15 is 0 Å². The van der Waals surface area contributed by atoms with Crippen LogP contribution in [0, 0.1) is 0 Å². The zero-order valence-electron chi connectivity index (χ0n) is 12.9. The number of nitrogens with two attached hydrogens (primary N) is 1. The Morgan fingerprint density at radius 2 is 1.92 bits per heavy atom. The molecule has 0 spiro atoms. The van der Waals surface area contributed by atoms with Crippen molar-refractivity contribution in [3.63, 3.8) is 0 Å². The maximum absolute atomic E-state index is 12.8. The van der Waals surface area contributed by atoms with Crippen molar-refractivity contribution < 1.29 is 13.2 Å². The summed E-state index contributed by atoms with van der Waals surface area (Å²) in [6, 6.07) is 10.6. The number of carbonyl (C=O) groups is 1. The summed E-state index contributed by atoms with van der Waals surface area (Å²) in [7, 11) is -3.68. The molecule has 0 aromatic heterocycles. The molecule has 1 saturated heterocycles. The van der Waals surface area contributed by atoms with E-state index in [4.69, 9.17) is 5.73 Å². The standard InChI is InChI=1S/C16H17N3O3S.ClH/c17-12-7-8-18(9-12)15(20)10-19-13-5-1-3-11-4-2-6-14(16(11)13)23(19,21)22;/h1-6,12H,7-10,17H2;1H. The van der Waals surface area contributed by atoms with Crippen molar-refractivity contribution in [3.8, 4) is 0 Å². The summed E-state index contributed by atoms with van der Waals surface area (Å²) in [6.07, 6.45) is 0.758. The van der Waals surface area contributed by atoms with Gasteiger partial charge in [-0.2, -0.15) is 0 Å². The third-order valence-electron chi connectivity index (χ3n) is 4.54. The lowest BCUT2D eigenvalue weighted by molar-refractivity contribution is -0.128. The molecule has 2 heterocycles. The van der Waals surface area contributed by atoms with Crippen LogP contribution in [0.2, 0.25) is 0 Å². The predicted molar refractivity (Wildman–Crippen MR) is 94.9 cm³/mol. The molecule has 1 unspecified atom stereocenters. The van der Waals surface area contributed by atoms with Crippen molar-refractivity contribution in [1.82, 2.24) is 4.90 Å². The Hall–Kier alpha value is -1.83. The fourth-order valence-corrected chi connectivity index (χ4v) is 5.03. The quantitative estimate of drug-likeness (QED) is 0.867. The van der Waals surface area contributed by atoms with E-state index in [1.165, 1.54) is 4.31 Å². The number of hydrogen-bond donors (Lipinski definition) is 1. The maximum Gasteiger partial charge on any atom is 0.265 e. The number of likely N-dealkylation sites (tertiary alicyclic amines) is 1. The first-order valence-corrected chi connectivity index (χ1v) is 9.00. The van der Waals surface area contributed by atoms with Crippen LogP contribution >= 0.6 is 12.4 Å². The van der Waals surface area contributed by atoms with Gasteiger partial charge in [-0.15, -0.1) is 12.4 Å². The first-order valence-electron chi connectivity index (χ1n) is 7.56. The molecular weight excluding hydrogens is 350 g/mol. The van der Waals surface area contributed by atoms with Crippen LogP contribution in [-0.4, -0.2) is 44.9 Å². The smallest absolute Gasteiger partial charge is 0.265 e. The van der Waals surface area contributed by atoms with Crippen molar-refractivity contribution in [1.29, 1.82) is 0 Å². The van der Waals surface area contributed by atoms with Crippen LogP contribution in [0.25, 0.3) is 10.8 Å². The normalized spacial score (nSPS) is 21.1. The number of sulfonamides is 1. The number of hydrogen-bond acceptors (Lipinski definition) is 4. The minimum atomic E-state index is -3.68. The molecule has 0 radical (unpaired) electrons. The fourth-order valence-electron chi connectivity index (χ4n) is 3.37. The Labute approximate surface area is 146 Å². The molecule has 128 valence electrons. The highest BCUT2D eigenvalue weighted by Gasteiger charge is 2.38. The van der Waals surface area contributed by atoms with E-state index in [-0.39, 0.29) is 35.8 Å². The molecule has 8 heteroatoms. The second-order valence-corrected chi connectivity index (χ2v) is 7.86. The maximum atomic E-state index is 12.8. The van der Waals surface area contributed by atoms with E-state index in [9.17, 15) is 13.2 Å². The zero-order valence-corrected chi connectivity index (χ0v) is 14.5. The first-order chi connectivity index (χ1) is 11.0. The van der Waals surface area contributed by atoms with Gasteiger partial charge in [-0.25, -0.2) is 8.42 Å². The van der Waals surface area contributed by atoms with Gasteiger partial charge in [0.05, 0.1) is 10.6 Å². The number of anilines is 1. The van der Waals surface area contributed by atoms with Gasteiger partial charge in [-0.3, -0.25) is 9.10 Å². The van der Waals surface area contributed by atoms with Gasteiger partial charge in [0.1, 0.15) is 6.54 Å². The highest BCUT2D eigenvalue weighted by atomic mass is 35.5. The highest BCUT2D eigenvalue weighted by Crippen LogP contribution is 2.41. The van der Waals surface area contributed by atoms with Gasteiger partial charge in [0.25, 0.3) is 10.0 Å². The summed E-state index contributed by atoms with van der Waals surface area (Å²) in [6.45, 7) is 0.901. The number of amides is 1. The van der Waals surface area contributed by atoms with Gasteiger partial charge in [0, 0.05) is 24.5 Å². The molecular formula is C16H18ClN3O3S. The number of nitrogens with zero attached hydrogens (tertiary/aromatic N) is 2. The molecule has 6 nitrogen and oxygen atoms in total. The van der Waals surface area contributed by atoms with E-state index in [0.29, 0.717) is 24.2 Å². The van der Waals surface area contributed by atoms with Crippen molar-refractivity contribution in [2.24, 2.45) is 5.73 Å². The topological polar surface area (TPSA) is 83.7 Å². The number of rotatable bonds is 2. The zero-order chi connectivity index (χ0) is 16.2. The van der Waals surface area contributed by atoms with Gasteiger partial charge in [0.15, 0.2) is 0 Å². The lowest BCUT2D eigenvalue weighted by atomic mass is 10.1. The van der Waals surface area contributed by atoms with Crippen LogP contribution in [0.1, 0.15) is 6.42 Å². The molecule has 24 heavy (non-hydrogen) atoms. The van der Waals surface area contributed by atoms with Crippen LogP contribution in [0.4, 0.5) is 5.69 Å². The molecule has 0 saturated carbocycles. The third-order valence-corrected chi connectivity index (χ3v) is 6.34. The second-order valence-electron chi connectivity index (χ2n) is 6.03. The second kappa shape index (κ2) is 5.91. The highest BCUT2D eigenvalue weighted by molar-refractivity contribution is 7.93. The average Bonchev–Trinajstić information content (AvgIpc) is 3.05. The van der Waals surface area contributed by atoms with Gasteiger partial charge >= 0.3 is 0 Å². The van der Waals surface area contributed by atoms with Crippen LogP contribution < -0.4 is 10.0 Å². The molecule has 2 N–H and O–H groups in total. The number of halogens is 1. The van der Waals surface area contributed by atoms with Gasteiger partial charge in [-0.05, 0) is 23.9 Å². The Bertz CT molecular complexity index is 911. The molecule has 1 atom stereocenters. The Balaban J connectivity index is 0.00000169. The number of carbonyl (C=O) groups excluding carboxylic acids is 1. The summed E-state index contributed by atoms with van der Waals surface area (Å²) in [4.78, 5) is 14.4. The Morgan fingerprint density at radius 3 is 2.58 bits per heavy atom. The molecule has 1 amide bonds. The van der Waals surface area contributed by atoms with E-state index in [1.807, 2.05) is 18.2 Å². The summed E-state index contributed by atoms with van der Waals surface area (Å²) in [5.41, 5.74) is 6.41. The van der Waals surface area contributed by atoms with Crippen molar-refractivity contribution in [2.45, 2.75) is 17.4 Å². The van der Waals surface area contributed by atoms with Crippen molar-refractivity contribution in [2.75, 3.05) is 23.9 Å². The van der Waals surface area contributed by atoms with Crippen LogP contribution in [0.3, 0.4) is 0 Å². The van der Waals surface area contributed by atoms with E-state index in [1.54, 1.807) is 23.1 Å². The molecule has 2 aromatic rings. The van der Waals surface area contributed by atoms with Gasteiger partial charge in [-0.1, -0.05) is 24.3 Å². The molecule has 4 rings (SSSR count). The van der Waals surface area contributed by atoms with Crippen LogP contribution in [0.15, 0.2) is 41.3 Å². The van der Waals surface area contributed by atoms with E-state index < -0.39 is 10.0 Å². The minimum absolute atomic E-state index is 0. The monoisotopic (exact) mass is 367 g/mol. The summed E-state index contributed by atoms with van der Waals surface area (Å²) >= 11 is 0. The Kier molecular flexibility index (Phi) is 4.19. The Morgan fingerprint density at radius 1 is 1.21 bits per heavy atom. The summed E-state index contributed by atoms with van der Waals surface area (Å²) in [5.74, 6) is -0.202. The average molecular weight is 368 g/mol. The van der Waals surface area contributed by atoms with Gasteiger partial charge < -0.3 is 10.6 Å². The van der Waals surface area contributed by atoms with E-state index in [0.717, 1.165) is 11.8 Å². The molecule has 1 fully saturated rings. The molecule has 2 aliphatic rings. The lowest BCUT2D eigenvalue weighted by Crippen LogP contribution is -2.41. The summed E-state index contributed by atoms with van der Waals surface area (Å²) < 4.78 is 26.8. The first kappa shape index (κ1) is 17.0. The molecule has 0 bridgehead atoms. The number of benzene rings is 2.